The van der Waals surface area contributed by atoms with Gasteiger partial charge < -0.3 is 0 Å². The zero-order valence-electron chi connectivity index (χ0n) is 5.89. The molecule has 0 unspecified atom stereocenters. The Balaban J connectivity index is 2.72. The molecule has 0 aliphatic carbocycles. The van der Waals surface area contributed by atoms with E-state index in [1.807, 2.05) is 14.1 Å². The highest BCUT2D eigenvalue weighted by molar-refractivity contribution is 6.63. The molecule has 0 radical (unpaired) electrons. The highest BCUT2D eigenvalue weighted by atomic mass is 35.5. The van der Waals surface area contributed by atoms with Crippen LogP contribution in [-0.2, 0) is 0 Å². The van der Waals surface area contributed by atoms with E-state index in [1.165, 1.54) is 6.42 Å². The molecule has 0 bridgehead atoms. The lowest BCUT2D eigenvalue weighted by molar-refractivity contribution is -0.505. The first-order chi connectivity index (χ1) is 4.22. The Kier molecular flexibility index (Phi) is 1.96. The summed E-state index contributed by atoms with van der Waals surface area (Å²) in [5.74, 6) is 0. The van der Waals surface area contributed by atoms with Crippen molar-refractivity contribution < 1.29 is 4.58 Å². The monoisotopic (exact) mass is 147 g/mol. The van der Waals surface area contributed by atoms with Crippen molar-refractivity contribution in [2.75, 3.05) is 27.2 Å². The van der Waals surface area contributed by atoms with Gasteiger partial charge in [-0.25, -0.2) is 0 Å². The van der Waals surface area contributed by atoms with E-state index in [0.29, 0.717) is 0 Å². The zero-order chi connectivity index (χ0) is 6.85. The molecule has 0 spiro atoms. The number of hydrogen-bond donors (Lipinski definition) is 0. The number of nitrogens with zero attached hydrogens (tertiary/aromatic N) is 2. The molecule has 1 rings (SSSR count). The van der Waals surface area contributed by atoms with Crippen molar-refractivity contribution >= 4 is 16.9 Å². The third kappa shape index (κ3) is 1.36. The van der Waals surface area contributed by atoms with E-state index in [9.17, 15) is 0 Å². The van der Waals surface area contributed by atoms with Crippen LogP contribution in [0.1, 0.15) is 6.42 Å². The van der Waals surface area contributed by atoms with Crippen molar-refractivity contribution in [2.45, 2.75) is 6.42 Å². The fourth-order valence-corrected chi connectivity index (χ4v) is 1.19. The Morgan fingerprint density at radius 1 is 1.67 bits per heavy atom. The molecule has 1 aliphatic rings. The number of halogens is 1. The predicted molar refractivity (Wildman–Crippen MR) is 39.2 cm³/mol. The largest absolute Gasteiger partial charge is 0.344 e. The predicted octanol–water partition coefficient (Wildman–Crippen LogP) is 0.559. The maximum Gasteiger partial charge on any atom is 0.344 e. The van der Waals surface area contributed by atoms with Crippen LogP contribution in [0, 0.1) is 0 Å². The van der Waals surface area contributed by atoms with Crippen LogP contribution in [0.3, 0.4) is 0 Å². The summed E-state index contributed by atoms with van der Waals surface area (Å²) in [5.41, 5.74) is 0. The van der Waals surface area contributed by atoms with E-state index in [2.05, 4.69) is 9.48 Å². The second-order valence-corrected chi connectivity index (χ2v) is 2.80. The second kappa shape index (κ2) is 2.56. The Hall–Kier alpha value is -0.240. The van der Waals surface area contributed by atoms with Crippen LogP contribution in [0.5, 0.6) is 0 Å². The Bertz CT molecular complexity index is 142. The van der Waals surface area contributed by atoms with Gasteiger partial charge in [0, 0.05) is 18.0 Å². The molecule has 1 heterocycles. The first kappa shape index (κ1) is 6.87. The van der Waals surface area contributed by atoms with Crippen molar-refractivity contribution in [3.8, 4) is 0 Å². The molecular weight excluding hydrogens is 136 g/mol. The number of hydrogen-bond acceptors (Lipinski definition) is 1. The molecule has 2 nitrogen and oxygen atoms in total. The summed E-state index contributed by atoms with van der Waals surface area (Å²) in [5, 5.41) is 0.862. The van der Waals surface area contributed by atoms with Crippen LogP contribution in [0.2, 0.25) is 0 Å². The molecule has 0 atom stereocenters. The molecular formula is C6H12ClN2+. The molecule has 9 heavy (non-hydrogen) atoms. The number of rotatable bonds is 0. The highest BCUT2D eigenvalue weighted by Crippen LogP contribution is 2.00. The summed E-state index contributed by atoms with van der Waals surface area (Å²) in [6.45, 7) is 2.17. The number of amidine groups is 1. The van der Waals surface area contributed by atoms with Crippen LogP contribution in [0.25, 0.3) is 0 Å². The second-order valence-electron chi connectivity index (χ2n) is 2.47. The SMILES string of the molecule is CN1CCC[N+](C)=C1Cl. The summed E-state index contributed by atoms with van der Waals surface area (Å²) >= 11 is 5.89. The van der Waals surface area contributed by atoms with Crippen LogP contribution in [0.15, 0.2) is 0 Å². The lowest BCUT2D eigenvalue weighted by Crippen LogP contribution is -2.37. The maximum atomic E-state index is 5.89. The first-order valence-electron chi connectivity index (χ1n) is 3.16. The molecule has 0 aromatic rings. The molecule has 0 fully saturated rings. The average Bonchev–Trinajstić information content (AvgIpc) is 1.83. The van der Waals surface area contributed by atoms with Gasteiger partial charge in [-0.3, -0.25) is 9.48 Å². The van der Waals surface area contributed by atoms with E-state index in [4.69, 9.17) is 11.6 Å². The van der Waals surface area contributed by atoms with Crippen molar-refractivity contribution in [1.29, 1.82) is 0 Å². The van der Waals surface area contributed by atoms with Gasteiger partial charge >= 0.3 is 5.29 Å². The van der Waals surface area contributed by atoms with Gasteiger partial charge in [-0.2, -0.15) is 0 Å². The highest BCUT2D eigenvalue weighted by Gasteiger charge is 2.18. The Morgan fingerprint density at radius 3 is 2.78 bits per heavy atom. The van der Waals surface area contributed by atoms with Gasteiger partial charge in [-0.1, -0.05) is 0 Å². The van der Waals surface area contributed by atoms with Crippen molar-refractivity contribution in [1.82, 2.24) is 4.90 Å². The lowest BCUT2D eigenvalue weighted by atomic mass is 10.3. The van der Waals surface area contributed by atoms with Gasteiger partial charge in [-0.15, -0.1) is 0 Å². The average molecular weight is 148 g/mol. The van der Waals surface area contributed by atoms with Crippen LogP contribution < -0.4 is 0 Å². The van der Waals surface area contributed by atoms with E-state index >= 15 is 0 Å². The van der Waals surface area contributed by atoms with Crippen LogP contribution >= 0.6 is 11.6 Å². The smallest absolute Gasteiger partial charge is 0.254 e. The topological polar surface area (TPSA) is 6.25 Å². The standard InChI is InChI=1S/C6H12ClN2/c1-8-4-3-5-9(2)6(8)7/h3-5H2,1-2H3/q+1. The maximum absolute atomic E-state index is 5.89. The molecule has 0 aromatic heterocycles. The summed E-state index contributed by atoms with van der Waals surface area (Å²) in [6, 6.07) is 0. The van der Waals surface area contributed by atoms with Crippen molar-refractivity contribution in [3.63, 3.8) is 0 Å². The fraction of sp³-hybridized carbons (Fsp3) is 0.833. The molecule has 0 saturated carbocycles. The summed E-state index contributed by atoms with van der Waals surface area (Å²) in [7, 11) is 4.02. The minimum atomic E-state index is 0.862. The Morgan fingerprint density at radius 2 is 2.33 bits per heavy atom. The minimum Gasteiger partial charge on any atom is -0.254 e. The van der Waals surface area contributed by atoms with Gasteiger partial charge in [0.1, 0.15) is 0 Å². The summed E-state index contributed by atoms with van der Waals surface area (Å²) in [6.07, 6.45) is 1.21. The van der Waals surface area contributed by atoms with Gasteiger partial charge in [0.05, 0.1) is 27.2 Å². The van der Waals surface area contributed by atoms with Crippen LogP contribution in [-0.4, -0.2) is 42.0 Å². The van der Waals surface area contributed by atoms with Crippen molar-refractivity contribution in [2.24, 2.45) is 0 Å². The molecule has 0 N–H and O–H groups in total. The van der Waals surface area contributed by atoms with E-state index in [0.717, 1.165) is 18.4 Å². The minimum absolute atomic E-state index is 0.862. The van der Waals surface area contributed by atoms with E-state index in [-0.39, 0.29) is 0 Å². The van der Waals surface area contributed by atoms with E-state index in [1.54, 1.807) is 0 Å². The molecule has 0 amide bonds. The van der Waals surface area contributed by atoms with Gasteiger partial charge in [0.2, 0.25) is 0 Å². The quantitative estimate of drug-likeness (QED) is 0.359. The van der Waals surface area contributed by atoms with Gasteiger partial charge in [0.25, 0.3) is 0 Å². The molecule has 3 heteroatoms. The third-order valence-corrected chi connectivity index (χ3v) is 2.19. The van der Waals surface area contributed by atoms with E-state index < -0.39 is 0 Å². The van der Waals surface area contributed by atoms with Gasteiger partial charge in [-0.05, 0) is 0 Å². The lowest BCUT2D eigenvalue weighted by Gasteiger charge is -2.17. The Labute approximate surface area is 60.7 Å². The van der Waals surface area contributed by atoms with Gasteiger partial charge in [0.15, 0.2) is 0 Å². The molecule has 0 aromatic carbocycles. The fourth-order valence-electron chi connectivity index (χ4n) is 1.02. The molecule has 1 aliphatic heterocycles. The summed E-state index contributed by atoms with van der Waals surface area (Å²) in [4.78, 5) is 2.06. The molecule has 0 saturated heterocycles. The molecule has 52 valence electrons. The van der Waals surface area contributed by atoms with Crippen molar-refractivity contribution in [3.05, 3.63) is 0 Å². The summed E-state index contributed by atoms with van der Waals surface area (Å²) < 4.78 is 2.06. The van der Waals surface area contributed by atoms with Crippen LogP contribution in [0.4, 0.5) is 0 Å². The third-order valence-electron chi connectivity index (χ3n) is 1.62. The first-order valence-corrected chi connectivity index (χ1v) is 3.54. The zero-order valence-corrected chi connectivity index (χ0v) is 6.65. The normalized spacial score (nSPS) is 21.0.